The summed E-state index contributed by atoms with van der Waals surface area (Å²) in [6.07, 6.45) is -1.19. The lowest BCUT2D eigenvalue weighted by Gasteiger charge is -2.36. The lowest BCUT2D eigenvalue weighted by Crippen LogP contribution is -2.31. The molecule has 0 spiro atoms. The Morgan fingerprint density at radius 3 is 2.16 bits per heavy atom. The largest absolute Gasteiger partial charge is 0.463 e. The molecule has 0 aromatic heterocycles. The maximum atomic E-state index is 13.1. The number of rotatable bonds is 6. The summed E-state index contributed by atoms with van der Waals surface area (Å²) in [7, 11) is 0. The Kier molecular flexibility index (Phi) is 6.15. The lowest BCUT2D eigenvalue weighted by atomic mass is 9.78. The summed E-state index contributed by atoms with van der Waals surface area (Å²) in [5, 5.41) is 11.2. The predicted octanol–water partition coefficient (Wildman–Crippen LogP) is 3.99. The van der Waals surface area contributed by atoms with Crippen molar-refractivity contribution in [2.24, 2.45) is 0 Å². The van der Waals surface area contributed by atoms with Crippen molar-refractivity contribution >= 4 is 11.9 Å². The molecule has 6 heteroatoms. The molecule has 2 atom stereocenters. The van der Waals surface area contributed by atoms with Crippen molar-refractivity contribution in [1.29, 1.82) is 0 Å². The minimum atomic E-state index is -1.19. The van der Waals surface area contributed by atoms with Crippen LogP contribution in [0, 0.1) is 0 Å². The van der Waals surface area contributed by atoms with Crippen molar-refractivity contribution in [3.8, 4) is 0 Å². The van der Waals surface area contributed by atoms with Crippen LogP contribution in [0.15, 0.2) is 77.0 Å². The molecule has 2 aromatic rings. The molecule has 0 amide bonds. The highest BCUT2D eigenvalue weighted by atomic mass is 16.5. The van der Waals surface area contributed by atoms with Gasteiger partial charge in [-0.15, -0.1) is 0 Å². The number of benzene rings is 2. The first-order valence-electron chi connectivity index (χ1n) is 10.9. The number of hydrogen-bond donors (Lipinski definition) is 1. The fourth-order valence-corrected chi connectivity index (χ4v) is 4.62. The van der Waals surface area contributed by atoms with E-state index in [0.29, 0.717) is 29.0 Å². The van der Waals surface area contributed by atoms with E-state index < -0.39 is 24.1 Å². The Hall–Kier alpha value is -3.38. The molecule has 166 valence electrons. The van der Waals surface area contributed by atoms with Crippen LogP contribution in [0.5, 0.6) is 0 Å². The minimum Gasteiger partial charge on any atom is -0.463 e. The predicted molar refractivity (Wildman–Crippen MR) is 119 cm³/mol. The smallest absolute Gasteiger partial charge is 0.340 e. The number of hydrogen-bond acceptors (Lipinski definition) is 6. The average molecular weight is 434 g/mol. The van der Waals surface area contributed by atoms with Gasteiger partial charge in [-0.2, -0.15) is 0 Å². The molecular formula is C26H27NO5. The van der Waals surface area contributed by atoms with Crippen LogP contribution in [-0.4, -0.2) is 35.2 Å². The van der Waals surface area contributed by atoms with Crippen LogP contribution in [0.4, 0.5) is 0 Å². The second-order valence-corrected chi connectivity index (χ2v) is 7.78. The zero-order valence-corrected chi connectivity index (χ0v) is 18.5. The fourth-order valence-electron chi connectivity index (χ4n) is 4.62. The summed E-state index contributed by atoms with van der Waals surface area (Å²) >= 11 is 0. The van der Waals surface area contributed by atoms with E-state index in [1.54, 1.807) is 13.8 Å². The molecule has 4 rings (SSSR count). The van der Waals surface area contributed by atoms with E-state index in [-0.39, 0.29) is 18.8 Å². The quantitative estimate of drug-likeness (QED) is 0.695. The molecule has 2 unspecified atom stereocenters. The van der Waals surface area contributed by atoms with Crippen LogP contribution in [-0.2, 0) is 25.6 Å². The maximum absolute atomic E-state index is 13.1. The Morgan fingerprint density at radius 1 is 0.906 bits per heavy atom. The topological polar surface area (TPSA) is 76.1 Å². The summed E-state index contributed by atoms with van der Waals surface area (Å²) < 4.78 is 10.7. The van der Waals surface area contributed by atoms with Gasteiger partial charge in [-0.25, -0.2) is 9.59 Å². The van der Waals surface area contributed by atoms with Gasteiger partial charge in [0.25, 0.3) is 0 Å². The van der Waals surface area contributed by atoms with Crippen LogP contribution in [0.3, 0.4) is 0 Å². The van der Waals surface area contributed by atoms with E-state index in [1.807, 2.05) is 61.5 Å². The average Bonchev–Trinajstić information content (AvgIpc) is 3.07. The van der Waals surface area contributed by atoms with Gasteiger partial charge in [0.2, 0.25) is 0 Å². The van der Waals surface area contributed by atoms with Crippen molar-refractivity contribution in [2.75, 3.05) is 13.2 Å². The molecule has 0 bridgehead atoms. The normalized spacial score (nSPS) is 19.6. The molecular weight excluding hydrogens is 406 g/mol. The lowest BCUT2D eigenvalue weighted by molar-refractivity contribution is -0.139. The first-order chi connectivity index (χ1) is 15.5. The second kappa shape index (κ2) is 9.01. The van der Waals surface area contributed by atoms with E-state index in [1.165, 1.54) is 0 Å². The van der Waals surface area contributed by atoms with Gasteiger partial charge in [0.05, 0.1) is 30.4 Å². The third-order valence-corrected chi connectivity index (χ3v) is 5.97. The summed E-state index contributed by atoms with van der Waals surface area (Å²) in [5.74, 6) is -1.13. The van der Waals surface area contributed by atoms with E-state index >= 15 is 0 Å². The minimum absolute atomic E-state index is 0.105. The molecule has 0 saturated carbocycles. The SMILES string of the molecule is CCOC(=O)C1=C(C)N(Cc2ccccc2)C2C1=C(C(=O)OCC)C(O)c1ccccc12. The molecule has 0 fully saturated rings. The molecule has 1 heterocycles. The Labute approximate surface area is 187 Å². The molecule has 1 aliphatic carbocycles. The highest BCUT2D eigenvalue weighted by Crippen LogP contribution is 2.53. The number of aliphatic hydroxyl groups is 1. The molecule has 2 aliphatic rings. The Bertz CT molecular complexity index is 1100. The molecule has 1 aliphatic heterocycles. The third-order valence-electron chi connectivity index (χ3n) is 5.97. The van der Waals surface area contributed by atoms with Crippen LogP contribution >= 0.6 is 0 Å². The van der Waals surface area contributed by atoms with Crippen LogP contribution in [0.25, 0.3) is 0 Å². The van der Waals surface area contributed by atoms with Crippen molar-refractivity contribution in [1.82, 2.24) is 4.90 Å². The maximum Gasteiger partial charge on any atom is 0.340 e. The number of fused-ring (bicyclic) bond motifs is 3. The molecule has 2 aromatic carbocycles. The molecule has 0 radical (unpaired) electrons. The van der Waals surface area contributed by atoms with Crippen LogP contribution in [0.2, 0.25) is 0 Å². The van der Waals surface area contributed by atoms with E-state index in [4.69, 9.17) is 9.47 Å². The van der Waals surface area contributed by atoms with Gasteiger partial charge in [-0.05, 0) is 37.5 Å². The highest BCUT2D eigenvalue weighted by Gasteiger charge is 2.48. The Morgan fingerprint density at radius 2 is 1.50 bits per heavy atom. The zero-order valence-electron chi connectivity index (χ0n) is 18.5. The monoisotopic (exact) mass is 433 g/mol. The van der Waals surface area contributed by atoms with Gasteiger partial charge in [0.15, 0.2) is 0 Å². The number of nitrogens with zero attached hydrogens (tertiary/aromatic N) is 1. The van der Waals surface area contributed by atoms with Crippen molar-refractivity contribution in [3.63, 3.8) is 0 Å². The van der Waals surface area contributed by atoms with Crippen molar-refractivity contribution in [2.45, 2.75) is 39.5 Å². The number of ether oxygens (including phenoxy) is 2. The first kappa shape index (κ1) is 21.8. The molecule has 1 N–H and O–H groups in total. The molecule has 6 nitrogen and oxygen atoms in total. The summed E-state index contributed by atoms with van der Waals surface area (Å²) in [6.45, 7) is 6.23. The van der Waals surface area contributed by atoms with Gasteiger partial charge < -0.3 is 19.5 Å². The zero-order chi connectivity index (χ0) is 22.8. The summed E-state index contributed by atoms with van der Waals surface area (Å²) in [5.41, 5.74) is 4.17. The number of carbonyl (C=O) groups is 2. The van der Waals surface area contributed by atoms with Gasteiger partial charge in [0.1, 0.15) is 6.10 Å². The van der Waals surface area contributed by atoms with Crippen LogP contribution in [0.1, 0.15) is 49.6 Å². The first-order valence-corrected chi connectivity index (χ1v) is 10.9. The summed E-state index contributed by atoms with van der Waals surface area (Å²) in [4.78, 5) is 28.2. The third kappa shape index (κ3) is 3.60. The van der Waals surface area contributed by atoms with Crippen LogP contribution < -0.4 is 0 Å². The number of esters is 2. The van der Waals surface area contributed by atoms with Gasteiger partial charge in [-0.1, -0.05) is 54.6 Å². The van der Waals surface area contributed by atoms with Gasteiger partial charge in [0, 0.05) is 17.8 Å². The number of allylic oxidation sites excluding steroid dienone is 1. The van der Waals surface area contributed by atoms with E-state index in [9.17, 15) is 14.7 Å². The van der Waals surface area contributed by atoms with Gasteiger partial charge in [-0.3, -0.25) is 0 Å². The molecule has 0 saturated heterocycles. The fraction of sp³-hybridized carbons (Fsp3) is 0.308. The highest BCUT2D eigenvalue weighted by molar-refractivity contribution is 6.02. The van der Waals surface area contributed by atoms with E-state index in [0.717, 1.165) is 11.1 Å². The number of aliphatic hydroxyl groups excluding tert-OH is 1. The number of carbonyl (C=O) groups excluding carboxylic acids is 2. The van der Waals surface area contributed by atoms with Crippen molar-refractivity contribution in [3.05, 3.63) is 93.7 Å². The van der Waals surface area contributed by atoms with Gasteiger partial charge >= 0.3 is 11.9 Å². The molecule has 32 heavy (non-hydrogen) atoms. The second-order valence-electron chi connectivity index (χ2n) is 7.78. The van der Waals surface area contributed by atoms with Crippen molar-refractivity contribution < 1.29 is 24.2 Å². The Balaban J connectivity index is 1.96. The summed E-state index contributed by atoms with van der Waals surface area (Å²) in [6, 6.07) is 17.0. The van der Waals surface area contributed by atoms with E-state index in [2.05, 4.69) is 4.90 Å². The standard InChI is InChI=1S/C26H27NO5/c1-4-31-25(29)20-16(3)27(15-17-11-7-6-8-12-17)23-18-13-9-10-14-19(18)24(28)22(21(20)23)26(30)32-5-2/h6-14,23-24,28H,4-5,15H2,1-3H3.